The molecule has 2 heterocycles. The normalized spacial score (nSPS) is 11.4. The summed E-state index contributed by atoms with van der Waals surface area (Å²) >= 11 is 0.914. The summed E-state index contributed by atoms with van der Waals surface area (Å²) in [5, 5.41) is 14.4. The lowest BCUT2D eigenvalue weighted by atomic mass is 10.1. The molecule has 0 fully saturated rings. The van der Waals surface area contributed by atoms with Gasteiger partial charge in [-0.05, 0) is 47.2 Å². The molecule has 0 aliphatic rings. The van der Waals surface area contributed by atoms with E-state index < -0.39 is 39.1 Å². The van der Waals surface area contributed by atoms with Crippen LogP contribution in [-0.4, -0.2) is 24.1 Å². The van der Waals surface area contributed by atoms with E-state index >= 15 is 0 Å². The Labute approximate surface area is 183 Å². The van der Waals surface area contributed by atoms with Gasteiger partial charge in [-0.2, -0.15) is 0 Å². The fourth-order valence-electron chi connectivity index (χ4n) is 3.01. The molecule has 0 aliphatic carbocycles. The molecule has 12 heteroatoms. The standard InChI is InChI=1S/C20H13F2N3O5S2/c21-12-4-3-11-8-17(26)25(19(27)14(11)9-12)16-6-5-13(10-15(16)22)23-20(28)24-32(29,30)18-2-1-7-31-18/h1-10,27H,(H2,23,24,28). The van der Waals surface area contributed by atoms with Crippen molar-refractivity contribution in [1.82, 2.24) is 9.29 Å². The van der Waals surface area contributed by atoms with E-state index in [0.717, 1.165) is 41.7 Å². The van der Waals surface area contributed by atoms with Gasteiger partial charge in [-0.25, -0.2) is 31.3 Å². The summed E-state index contributed by atoms with van der Waals surface area (Å²) in [4.78, 5) is 24.4. The van der Waals surface area contributed by atoms with Crippen LogP contribution in [0.15, 0.2) is 69.0 Å². The Kier molecular flexibility index (Phi) is 5.40. The number of nitrogens with zero attached hydrogens (tertiary/aromatic N) is 1. The minimum absolute atomic E-state index is 0.00404. The lowest BCUT2D eigenvalue weighted by Gasteiger charge is -2.13. The Morgan fingerprint density at radius 1 is 1.06 bits per heavy atom. The molecule has 2 amide bonds. The highest BCUT2D eigenvalue weighted by atomic mass is 32.2. The number of halogens is 2. The summed E-state index contributed by atoms with van der Waals surface area (Å²) in [6, 6.07) is 9.40. The summed E-state index contributed by atoms with van der Waals surface area (Å²) in [7, 11) is -4.08. The van der Waals surface area contributed by atoms with Crippen LogP contribution in [-0.2, 0) is 10.0 Å². The van der Waals surface area contributed by atoms with Gasteiger partial charge in [-0.1, -0.05) is 12.1 Å². The molecule has 0 atom stereocenters. The molecular formula is C20H13F2N3O5S2. The Morgan fingerprint density at radius 2 is 1.84 bits per heavy atom. The van der Waals surface area contributed by atoms with Gasteiger partial charge in [0.05, 0.1) is 5.69 Å². The zero-order chi connectivity index (χ0) is 23.0. The number of anilines is 1. The van der Waals surface area contributed by atoms with E-state index in [-0.39, 0.29) is 26.4 Å². The lowest BCUT2D eigenvalue weighted by Crippen LogP contribution is -2.34. The van der Waals surface area contributed by atoms with Gasteiger partial charge in [-0.3, -0.25) is 4.79 Å². The maximum Gasteiger partial charge on any atom is 0.333 e. The molecule has 0 spiro atoms. The van der Waals surface area contributed by atoms with Crippen molar-refractivity contribution < 1.29 is 27.1 Å². The smallest absolute Gasteiger partial charge is 0.333 e. The van der Waals surface area contributed by atoms with E-state index in [0.29, 0.717) is 4.57 Å². The average molecular weight is 477 g/mol. The number of hydrogen-bond donors (Lipinski definition) is 3. The Balaban J connectivity index is 1.63. The van der Waals surface area contributed by atoms with Crippen molar-refractivity contribution in [3.8, 4) is 11.6 Å². The zero-order valence-electron chi connectivity index (χ0n) is 15.9. The van der Waals surface area contributed by atoms with Crippen molar-refractivity contribution in [1.29, 1.82) is 0 Å². The highest BCUT2D eigenvalue weighted by Crippen LogP contribution is 2.28. The van der Waals surface area contributed by atoms with Crippen molar-refractivity contribution in [3.05, 3.63) is 82.0 Å². The Morgan fingerprint density at radius 3 is 2.53 bits per heavy atom. The van der Waals surface area contributed by atoms with Gasteiger partial charge in [-0.15, -0.1) is 11.3 Å². The van der Waals surface area contributed by atoms with Crippen LogP contribution in [0.2, 0.25) is 0 Å². The number of rotatable bonds is 4. The third-order valence-electron chi connectivity index (χ3n) is 4.40. The highest BCUT2D eigenvalue weighted by molar-refractivity contribution is 7.92. The molecule has 2 aromatic carbocycles. The van der Waals surface area contributed by atoms with Gasteiger partial charge >= 0.3 is 6.03 Å². The summed E-state index contributed by atoms with van der Waals surface area (Å²) in [5.41, 5.74) is -1.22. The molecule has 4 aromatic rings. The van der Waals surface area contributed by atoms with Gasteiger partial charge in [0.15, 0.2) is 0 Å². The molecule has 8 nitrogen and oxygen atoms in total. The van der Waals surface area contributed by atoms with Crippen molar-refractivity contribution in [2.45, 2.75) is 4.21 Å². The molecule has 0 bridgehead atoms. The number of pyridine rings is 1. The maximum absolute atomic E-state index is 14.8. The van der Waals surface area contributed by atoms with Crippen LogP contribution < -0.4 is 15.6 Å². The predicted octanol–water partition coefficient (Wildman–Crippen LogP) is 3.55. The van der Waals surface area contributed by atoms with Gasteiger partial charge in [0.1, 0.15) is 15.8 Å². The first kappa shape index (κ1) is 21.5. The van der Waals surface area contributed by atoms with Gasteiger partial charge in [0.25, 0.3) is 15.6 Å². The average Bonchev–Trinajstić information content (AvgIpc) is 3.26. The molecule has 3 N–H and O–H groups in total. The minimum atomic E-state index is -4.08. The first-order valence-electron chi connectivity index (χ1n) is 8.87. The maximum atomic E-state index is 14.8. The third kappa shape index (κ3) is 4.05. The van der Waals surface area contributed by atoms with Crippen LogP contribution >= 0.6 is 11.3 Å². The molecule has 0 aliphatic heterocycles. The largest absolute Gasteiger partial charge is 0.494 e. The van der Waals surface area contributed by atoms with E-state index in [1.54, 1.807) is 4.72 Å². The molecule has 4 rings (SSSR count). The van der Waals surface area contributed by atoms with Crippen LogP contribution in [0, 0.1) is 11.6 Å². The Bertz CT molecular complexity index is 1520. The number of hydrogen-bond acceptors (Lipinski definition) is 6. The number of amides is 2. The second kappa shape index (κ2) is 8.05. The number of urea groups is 1. The van der Waals surface area contributed by atoms with Gasteiger partial charge in [0.2, 0.25) is 5.88 Å². The monoisotopic (exact) mass is 477 g/mol. The van der Waals surface area contributed by atoms with Crippen molar-refractivity contribution >= 4 is 43.9 Å². The van der Waals surface area contributed by atoms with E-state index in [1.165, 1.54) is 29.6 Å². The predicted molar refractivity (Wildman–Crippen MR) is 115 cm³/mol. The number of thiophene rings is 1. The molecule has 0 radical (unpaired) electrons. The number of carbonyl (C=O) groups is 1. The number of nitrogens with one attached hydrogen (secondary N) is 2. The van der Waals surface area contributed by atoms with Crippen LogP contribution in [0.25, 0.3) is 16.5 Å². The third-order valence-corrected chi connectivity index (χ3v) is 7.13. The molecule has 0 unspecified atom stereocenters. The van der Waals surface area contributed by atoms with Crippen LogP contribution in [0.3, 0.4) is 0 Å². The molecule has 164 valence electrons. The van der Waals surface area contributed by atoms with Crippen LogP contribution in [0.1, 0.15) is 0 Å². The SMILES string of the molecule is O=C(Nc1ccc(-n2c(O)c3cc(F)ccc3cc2=O)c(F)c1)NS(=O)(=O)c1cccs1. The molecule has 0 saturated heterocycles. The molecule has 2 aromatic heterocycles. The summed E-state index contributed by atoms with van der Waals surface area (Å²) in [6.07, 6.45) is 0. The van der Waals surface area contributed by atoms with E-state index in [1.807, 2.05) is 0 Å². The number of aromatic nitrogens is 1. The van der Waals surface area contributed by atoms with Gasteiger partial charge in [0, 0.05) is 17.1 Å². The second-order valence-electron chi connectivity index (χ2n) is 6.53. The zero-order valence-corrected chi connectivity index (χ0v) is 17.5. The van der Waals surface area contributed by atoms with Crippen molar-refractivity contribution in [2.24, 2.45) is 0 Å². The fraction of sp³-hybridized carbons (Fsp3) is 0. The number of aromatic hydroxyl groups is 1. The molecule has 32 heavy (non-hydrogen) atoms. The molecular weight excluding hydrogens is 464 g/mol. The second-order valence-corrected chi connectivity index (χ2v) is 9.39. The van der Waals surface area contributed by atoms with Gasteiger partial charge < -0.3 is 10.4 Å². The highest BCUT2D eigenvalue weighted by Gasteiger charge is 2.20. The van der Waals surface area contributed by atoms with Crippen molar-refractivity contribution in [2.75, 3.05) is 5.32 Å². The van der Waals surface area contributed by atoms with E-state index in [4.69, 9.17) is 0 Å². The number of carbonyl (C=O) groups excluding carboxylic acids is 1. The van der Waals surface area contributed by atoms with E-state index in [9.17, 15) is 31.9 Å². The van der Waals surface area contributed by atoms with E-state index in [2.05, 4.69) is 5.32 Å². The Hall–Kier alpha value is -3.77. The summed E-state index contributed by atoms with van der Waals surface area (Å²) in [6.45, 7) is 0. The first-order chi connectivity index (χ1) is 15.2. The quantitative estimate of drug-likeness (QED) is 0.416. The number of sulfonamides is 1. The topological polar surface area (TPSA) is 118 Å². The van der Waals surface area contributed by atoms with Crippen LogP contribution in [0.4, 0.5) is 19.3 Å². The number of benzene rings is 2. The lowest BCUT2D eigenvalue weighted by molar-refractivity contribution is 0.256. The number of fused-ring (bicyclic) bond motifs is 1. The summed E-state index contributed by atoms with van der Waals surface area (Å²) < 4.78 is 54.8. The first-order valence-corrected chi connectivity index (χ1v) is 11.2. The van der Waals surface area contributed by atoms with Crippen molar-refractivity contribution in [3.63, 3.8) is 0 Å². The fourth-order valence-corrected chi connectivity index (χ4v) is 4.91. The summed E-state index contributed by atoms with van der Waals surface area (Å²) in [5.74, 6) is -2.31. The molecule has 0 saturated carbocycles. The van der Waals surface area contributed by atoms with Crippen LogP contribution in [0.5, 0.6) is 5.88 Å². The minimum Gasteiger partial charge on any atom is -0.494 e.